The van der Waals surface area contributed by atoms with E-state index >= 15 is 0 Å². The molecule has 0 bridgehead atoms. The minimum absolute atomic E-state index is 0.0406. The number of amides is 1. The Balaban J connectivity index is 1.36. The zero-order valence-corrected chi connectivity index (χ0v) is 18.3. The Kier molecular flexibility index (Phi) is 8.99. The predicted octanol–water partition coefficient (Wildman–Crippen LogP) is 2.88. The molecule has 1 fully saturated rings. The molecule has 1 aliphatic heterocycles. The summed E-state index contributed by atoms with van der Waals surface area (Å²) < 4.78 is 21.9. The van der Waals surface area contributed by atoms with Crippen molar-refractivity contribution < 1.29 is 23.7 Å². The molecule has 3 rings (SSSR count). The lowest BCUT2D eigenvalue weighted by molar-refractivity contribution is -0.123. The lowest BCUT2D eigenvalue weighted by Crippen LogP contribution is -2.38. The van der Waals surface area contributed by atoms with Gasteiger partial charge >= 0.3 is 0 Å². The molecule has 0 saturated carbocycles. The van der Waals surface area contributed by atoms with Crippen LogP contribution in [0.3, 0.4) is 0 Å². The van der Waals surface area contributed by atoms with E-state index in [-0.39, 0.29) is 12.5 Å². The van der Waals surface area contributed by atoms with Crippen molar-refractivity contribution in [3.63, 3.8) is 0 Å². The van der Waals surface area contributed by atoms with E-state index in [9.17, 15) is 4.79 Å². The van der Waals surface area contributed by atoms with Gasteiger partial charge in [0, 0.05) is 32.3 Å². The highest BCUT2D eigenvalue weighted by Gasteiger charge is 2.18. The van der Waals surface area contributed by atoms with Crippen molar-refractivity contribution in [2.24, 2.45) is 0 Å². The average Bonchev–Trinajstić information content (AvgIpc) is 2.82. The van der Waals surface area contributed by atoms with Gasteiger partial charge in [-0.1, -0.05) is 12.1 Å². The van der Waals surface area contributed by atoms with Crippen molar-refractivity contribution in [2.75, 3.05) is 47.1 Å². The zero-order valence-electron chi connectivity index (χ0n) is 18.3. The van der Waals surface area contributed by atoms with E-state index in [0.29, 0.717) is 24.9 Å². The monoisotopic (exact) mass is 428 g/mol. The number of carbonyl (C=O) groups excluding carboxylic acids is 1. The molecule has 1 aliphatic rings. The van der Waals surface area contributed by atoms with Crippen molar-refractivity contribution in [2.45, 2.75) is 25.4 Å². The highest BCUT2D eigenvalue weighted by molar-refractivity contribution is 5.77. The summed E-state index contributed by atoms with van der Waals surface area (Å²) in [6.45, 7) is 3.56. The first-order chi connectivity index (χ1) is 15.1. The maximum atomic E-state index is 12.1. The summed E-state index contributed by atoms with van der Waals surface area (Å²) in [5.74, 6) is 1.99. The summed E-state index contributed by atoms with van der Waals surface area (Å²) in [6, 6.07) is 15.5. The van der Waals surface area contributed by atoms with E-state index in [2.05, 4.69) is 17.3 Å². The number of likely N-dealkylation sites (N-methyl/N-ethyl adjacent to an activating group) is 1. The van der Waals surface area contributed by atoms with Crippen molar-refractivity contribution in [1.82, 2.24) is 10.2 Å². The van der Waals surface area contributed by atoms with E-state index in [1.807, 2.05) is 24.3 Å². The van der Waals surface area contributed by atoms with E-state index < -0.39 is 0 Å². The molecule has 7 nitrogen and oxygen atoms in total. The van der Waals surface area contributed by atoms with E-state index in [1.54, 1.807) is 31.4 Å². The van der Waals surface area contributed by atoms with E-state index in [0.717, 1.165) is 49.7 Å². The third kappa shape index (κ3) is 7.77. The normalized spacial score (nSPS) is 14.3. The van der Waals surface area contributed by atoms with Gasteiger partial charge in [0.2, 0.25) is 0 Å². The molecule has 1 saturated heterocycles. The van der Waals surface area contributed by atoms with Gasteiger partial charge in [0.1, 0.15) is 23.9 Å². The van der Waals surface area contributed by atoms with Gasteiger partial charge in [-0.15, -0.1) is 0 Å². The number of nitrogens with zero attached hydrogens (tertiary/aromatic N) is 1. The predicted molar refractivity (Wildman–Crippen MR) is 119 cm³/mol. The lowest BCUT2D eigenvalue weighted by atomic mass is 10.1. The second kappa shape index (κ2) is 12.2. The Morgan fingerprint density at radius 2 is 1.81 bits per heavy atom. The molecule has 0 aliphatic carbocycles. The molecule has 0 radical (unpaired) electrons. The summed E-state index contributed by atoms with van der Waals surface area (Å²) in [5, 5.41) is 2.87. The van der Waals surface area contributed by atoms with Gasteiger partial charge in [0.15, 0.2) is 6.61 Å². The Hall–Kier alpha value is -2.77. The molecule has 1 heterocycles. The number of hydrogen-bond acceptors (Lipinski definition) is 6. The fourth-order valence-corrected chi connectivity index (χ4v) is 3.43. The molecule has 1 N–H and O–H groups in total. The highest BCUT2D eigenvalue weighted by atomic mass is 16.5. The Bertz CT molecular complexity index is 806. The number of benzene rings is 2. The number of carbonyl (C=O) groups is 1. The summed E-state index contributed by atoms with van der Waals surface area (Å²) in [5.41, 5.74) is 0.980. The van der Waals surface area contributed by atoms with Crippen molar-refractivity contribution >= 4 is 5.91 Å². The zero-order chi connectivity index (χ0) is 21.9. The largest absolute Gasteiger partial charge is 0.497 e. The Morgan fingerprint density at radius 3 is 2.55 bits per heavy atom. The third-order valence-corrected chi connectivity index (χ3v) is 5.34. The van der Waals surface area contributed by atoms with Crippen LogP contribution >= 0.6 is 0 Å². The first-order valence-electron chi connectivity index (χ1n) is 10.7. The lowest BCUT2D eigenvalue weighted by Gasteiger charge is -2.31. The number of rotatable bonds is 11. The van der Waals surface area contributed by atoms with Crippen LogP contribution in [0.25, 0.3) is 0 Å². The molecular formula is C24H32N2O5. The van der Waals surface area contributed by atoms with Gasteiger partial charge in [-0.3, -0.25) is 9.69 Å². The average molecular weight is 429 g/mol. The molecule has 2 aromatic rings. The summed E-state index contributed by atoms with van der Waals surface area (Å²) in [7, 11) is 3.74. The summed E-state index contributed by atoms with van der Waals surface area (Å²) in [4.78, 5) is 14.4. The molecule has 0 aromatic heterocycles. The number of nitrogens with one attached hydrogen (secondary N) is 1. The van der Waals surface area contributed by atoms with Crippen molar-refractivity contribution in [3.8, 4) is 17.2 Å². The molecule has 7 heteroatoms. The fourth-order valence-electron chi connectivity index (χ4n) is 3.43. The third-order valence-electron chi connectivity index (χ3n) is 5.34. The van der Waals surface area contributed by atoms with Gasteiger partial charge in [-0.2, -0.15) is 0 Å². The van der Waals surface area contributed by atoms with Crippen LogP contribution in [0.5, 0.6) is 17.2 Å². The first-order valence-corrected chi connectivity index (χ1v) is 10.7. The van der Waals surface area contributed by atoms with Crippen molar-refractivity contribution in [3.05, 3.63) is 54.1 Å². The molecule has 2 aromatic carbocycles. The quantitative estimate of drug-likeness (QED) is 0.594. The molecule has 0 atom stereocenters. The van der Waals surface area contributed by atoms with Crippen molar-refractivity contribution in [1.29, 1.82) is 0 Å². The fraction of sp³-hybridized carbons (Fsp3) is 0.458. The first kappa shape index (κ1) is 22.9. The van der Waals surface area contributed by atoms with Crippen LogP contribution in [-0.2, 0) is 16.1 Å². The van der Waals surface area contributed by atoms with Gasteiger partial charge in [-0.05, 0) is 61.9 Å². The van der Waals surface area contributed by atoms with Crippen LogP contribution in [0.4, 0.5) is 0 Å². The Morgan fingerprint density at radius 1 is 1.06 bits per heavy atom. The highest BCUT2D eigenvalue weighted by Crippen LogP contribution is 2.17. The molecule has 31 heavy (non-hydrogen) atoms. The molecule has 1 amide bonds. The maximum Gasteiger partial charge on any atom is 0.258 e. The van der Waals surface area contributed by atoms with Crippen LogP contribution in [0.15, 0.2) is 48.5 Å². The van der Waals surface area contributed by atoms with E-state index in [4.69, 9.17) is 18.9 Å². The van der Waals surface area contributed by atoms with E-state index in [1.165, 1.54) is 0 Å². The SMILES string of the molecule is COc1ccc(OCC(=O)NCc2cccc(OCCN(C)C3CCOCC3)c2)cc1. The van der Waals surface area contributed by atoms with Gasteiger partial charge in [0.05, 0.1) is 7.11 Å². The number of methoxy groups -OCH3 is 1. The second-order valence-corrected chi connectivity index (χ2v) is 7.56. The summed E-state index contributed by atoms with van der Waals surface area (Å²) in [6.07, 6.45) is 2.15. The van der Waals surface area contributed by atoms with Crippen LogP contribution < -0.4 is 19.5 Å². The standard InChI is InChI=1S/C24H32N2O5/c1-26(20-10-13-29-14-11-20)12-15-30-23-5-3-4-19(16-23)17-25-24(27)18-31-22-8-6-21(28-2)7-9-22/h3-9,16,20H,10-15,17-18H2,1-2H3,(H,25,27). The van der Waals surface area contributed by atoms with Gasteiger partial charge in [0.25, 0.3) is 5.91 Å². The number of ether oxygens (including phenoxy) is 4. The second-order valence-electron chi connectivity index (χ2n) is 7.56. The molecule has 0 unspecified atom stereocenters. The smallest absolute Gasteiger partial charge is 0.258 e. The van der Waals surface area contributed by atoms with Crippen LogP contribution in [0, 0.1) is 0 Å². The van der Waals surface area contributed by atoms with Crippen LogP contribution in [0.1, 0.15) is 18.4 Å². The maximum absolute atomic E-state index is 12.1. The minimum Gasteiger partial charge on any atom is -0.497 e. The Labute approximate surface area is 184 Å². The van der Waals surface area contributed by atoms with Gasteiger partial charge in [-0.25, -0.2) is 0 Å². The topological polar surface area (TPSA) is 69.3 Å². The number of hydrogen-bond donors (Lipinski definition) is 1. The minimum atomic E-state index is -0.180. The molecular weight excluding hydrogens is 396 g/mol. The van der Waals surface area contributed by atoms with Crippen LogP contribution in [0.2, 0.25) is 0 Å². The summed E-state index contributed by atoms with van der Waals surface area (Å²) >= 11 is 0. The molecule has 0 spiro atoms. The van der Waals surface area contributed by atoms with Gasteiger partial charge < -0.3 is 24.3 Å². The van der Waals surface area contributed by atoms with Crippen LogP contribution in [-0.4, -0.2) is 64.0 Å². The molecule has 168 valence electrons.